The molecule has 0 aliphatic rings. The van der Waals surface area contributed by atoms with Crippen molar-refractivity contribution in [1.29, 1.82) is 0 Å². The Hall–Kier alpha value is -4.39. The van der Waals surface area contributed by atoms with E-state index in [1.165, 1.54) is 0 Å². The first-order valence-electron chi connectivity index (χ1n) is 12.3. The molecule has 1 aromatic heterocycles. The number of amides is 1. The number of ether oxygens (including phenoxy) is 1. The van der Waals surface area contributed by atoms with Crippen LogP contribution >= 0.6 is 0 Å². The Kier molecular flexibility index (Phi) is 9.07. The van der Waals surface area contributed by atoms with Crippen molar-refractivity contribution in [2.45, 2.75) is 45.8 Å². The lowest BCUT2D eigenvalue weighted by atomic mass is 10.0. The number of carbonyl (C=O) groups excluding carboxylic acids is 1. The van der Waals surface area contributed by atoms with Gasteiger partial charge >= 0.3 is 0 Å². The quantitative estimate of drug-likeness (QED) is 0.135. The summed E-state index contributed by atoms with van der Waals surface area (Å²) < 4.78 is 11.7. The molecule has 0 atom stereocenters. The number of hydrogen-bond donors (Lipinski definition) is 1. The van der Waals surface area contributed by atoms with Crippen molar-refractivity contribution in [3.05, 3.63) is 108 Å². The van der Waals surface area contributed by atoms with Gasteiger partial charge in [-0.15, -0.1) is 0 Å². The van der Waals surface area contributed by atoms with Gasteiger partial charge in [0.25, 0.3) is 0 Å². The summed E-state index contributed by atoms with van der Waals surface area (Å²) in [6.07, 6.45) is 2.62. The van der Waals surface area contributed by atoms with Gasteiger partial charge in [0, 0.05) is 12.0 Å². The highest BCUT2D eigenvalue weighted by atomic mass is 16.6. The molecule has 0 radical (unpaired) electrons. The standard InChI is InChI=1S/C30H31N3O4/c1-22-28(32-30(37-22)25-12-6-3-7-13-25)21-35-26-18-16-23(17-19-26)20-36-33-27(14-8-9-15-29(31)34)24-10-4-2-5-11-24/h2-7,10-13,16-19H,8-9,14-15,20-21H2,1H3,(H2,31,34)/b33-27-. The normalized spacial score (nSPS) is 11.3. The molecule has 7 heteroatoms. The number of nitrogens with two attached hydrogens (primary N) is 1. The molecule has 0 aliphatic carbocycles. The van der Waals surface area contributed by atoms with E-state index in [-0.39, 0.29) is 5.91 Å². The van der Waals surface area contributed by atoms with Gasteiger partial charge in [-0.2, -0.15) is 0 Å². The molecule has 0 aliphatic heterocycles. The first-order chi connectivity index (χ1) is 18.1. The fourth-order valence-corrected chi connectivity index (χ4v) is 3.75. The smallest absolute Gasteiger partial charge is 0.226 e. The van der Waals surface area contributed by atoms with Gasteiger partial charge in [-0.1, -0.05) is 65.8 Å². The number of rotatable bonds is 13. The molecule has 4 aromatic rings. The summed E-state index contributed by atoms with van der Waals surface area (Å²) in [7, 11) is 0. The largest absolute Gasteiger partial charge is 0.487 e. The lowest BCUT2D eigenvalue weighted by Gasteiger charge is -2.08. The second-order valence-corrected chi connectivity index (χ2v) is 8.67. The maximum absolute atomic E-state index is 11.0. The lowest BCUT2D eigenvalue weighted by Crippen LogP contribution is -2.10. The maximum Gasteiger partial charge on any atom is 0.226 e. The van der Waals surface area contributed by atoms with Crippen molar-refractivity contribution in [3.8, 4) is 17.2 Å². The van der Waals surface area contributed by atoms with E-state index in [9.17, 15) is 4.79 Å². The van der Waals surface area contributed by atoms with Crippen LogP contribution in [-0.4, -0.2) is 16.6 Å². The molecular weight excluding hydrogens is 466 g/mol. The van der Waals surface area contributed by atoms with Gasteiger partial charge in [0.15, 0.2) is 0 Å². The first-order valence-corrected chi connectivity index (χ1v) is 12.3. The molecule has 37 heavy (non-hydrogen) atoms. The van der Waals surface area contributed by atoms with Crippen molar-refractivity contribution in [1.82, 2.24) is 4.98 Å². The Morgan fingerprint density at radius 2 is 1.57 bits per heavy atom. The fourth-order valence-electron chi connectivity index (χ4n) is 3.75. The predicted molar refractivity (Wildman–Crippen MR) is 143 cm³/mol. The number of benzene rings is 3. The fraction of sp³-hybridized carbons (Fsp3) is 0.233. The Balaban J connectivity index is 1.30. The number of oxazole rings is 1. The number of carbonyl (C=O) groups is 1. The SMILES string of the molecule is Cc1oc(-c2ccccc2)nc1COc1ccc(CO/N=C(/CCCCC(N)=O)c2ccccc2)cc1. The Morgan fingerprint density at radius 3 is 2.27 bits per heavy atom. The number of unbranched alkanes of at least 4 members (excludes halogenated alkanes) is 1. The molecule has 1 amide bonds. The second kappa shape index (κ2) is 13.1. The van der Waals surface area contributed by atoms with Crippen LogP contribution in [0.3, 0.4) is 0 Å². The van der Waals surface area contributed by atoms with E-state index in [0.717, 1.165) is 52.4 Å². The Bertz CT molecular complexity index is 1300. The maximum atomic E-state index is 11.0. The van der Waals surface area contributed by atoms with Crippen LogP contribution < -0.4 is 10.5 Å². The van der Waals surface area contributed by atoms with Crippen molar-refractivity contribution in [2.75, 3.05) is 0 Å². The van der Waals surface area contributed by atoms with Crippen LogP contribution in [0.15, 0.2) is 94.5 Å². The molecule has 0 unspecified atom stereocenters. The van der Waals surface area contributed by atoms with E-state index in [4.69, 9.17) is 19.7 Å². The third-order valence-electron chi connectivity index (χ3n) is 5.81. The molecule has 4 rings (SSSR count). The molecule has 2 N–H and O–H groups in total. The van der Waals surface area contributed by atoms with Crippen LogP contribution in [-0.2, 0) is 22.8 Å². The van der Waals surface area contributed by atoms with Crippen LogP contribution in [0.1, 0.15) is 48.3 Å². The molecular formula is C30H31N3O4. The zero-order valence-corrected chi connectivity index (χ0v) is 20.9. The van der Waals surface area contributed by atoms with Gasteiger partial charge in [-0.05, 0) is 61.6 Å². The van der Waals surface area contributed by atoms with Gasteiger partial charge in [0.05, 0.1) is 5.71 Å². The van der Waals surface area contributed by atoms with Crippen LogP contribution in [0.25, 0.3) is 11.5 Å². The van der Waals surface area contributed by atoms with E-state index in [1.807, 2.05) is 91.9 Å². The van der Waals surface area contributed by atoms with E-state index in [0.29, 0.717) is 31.9 Å². The summed E-state index contributed by atoms with van der Waals surface area (Å²) in [5.74, 6) is 1.78. The number of aryl methyl sites for hydroxylation is 1. The molecule has 0 fully saturated rings. The zero-order chi connectivity index (χ0) is 25.9. The van der Waals surface area contributed by atoms with Gasteiger partial charge in [0.1, 0.15) is 30.4 Å². The van der Waals surface area contributed by atoms with Gasteiger partial charge in [-0.3, -0.25) is 4.79 Å². The van der Waals surface area contributed by atoms with Crippen LogP contribution in [0.5, 0.6) is 5.75 Å². The van der Waals surface area contributed by atoms with Crippen molar-refractivity contribution >= 4 is 11.6 Å². The second-order valence-electron chi connectivity index (χ2n) is 8.67. The third kappa shape index (κ3) is 7.80. The highest BCUT2D eigenvalue weighted by Gasteiger charge is 2.12. The van der Waals surface area contributed by atoms with Gasteiger partial charge < -0.3 is 19.7 Å². The average molecular weight is 498 g/mol. The molecule has 7 nitrogen and oxygen atoms in total. The van der Waals surface area contributed by atoms with Crippen LogP contribution in [0.2, 0.25) is 0 Å². The van der Waals surface area contributed by atoms with Gasteiger partial charge in [0.2, 0.25) is 11.8 Å². The number of primary amides is 1. The Labute approximate surface area is 216 Å². The highest BCUT2D eigenvalue weighted by Crippen LogP contribution is 2.23. The number of aromatic nitrogens is 1. The summed E-state index contributed by atoms with van der Waals surface area (Å²) in [5.41, 5.74) is 9.77. The number of nitrogens with zero attached hydrogens (tertiary/aromatic N) is 2. The van der Waals surface area contributed by atoms with Crippen molar-refractivity contribution in [2.24, 2.45) is 10.9 Å². The Morgan fingerprint density at radius 1 is 0.892 bits per heavy atom. The third-order valence-corrected chi connectivity index (χ3v) is 5.81. The van der Waals surface area contributed by atoms with E-state index < -0.39 is 0 Å². The first kappa shape index (κ1) is 25.7. The minimum Gasteiger partial charge on any atom is -0.487 e. The van der Waals surface area contributed by atoms with E-state index in [1.54, 1.807) is 0 Å². The summed E-state index contributed by atoms with van der Waals surface area (Å²) in [6.45, 7) is 2.54. The lowest BCUT2D eigenvalue weighted by molar-refractivity contribution is -0.118. The summed E-state index contributed by atoms with van der Waals surface area (Å²) in [5, 5.41) is 4.39. The van der Waals surface area contributed by atoms with E-state index >= 15 is 0 Å². The van der Waals surface area contributed by atoms with Gasteiger partial charge in [-0.25, -0.2) is 4.98 Å². The molecule has 1 heterocycles. The van der Waals surface area contributed by atoms with Crippen LogP contribution in [0, 0.1) is 6.92 Å². The summed E-state index contributed by atoms with van der Waals surface area (Å²) in [6, 6.07) is 27.4. The molecule has 190 valence electrons. The minimum absolute atomic E-state index is 0.282. The molecule has 0 bridgehead atoms. The average Bonchev–Trinajstić information content (AvgIpc) is 3.30. The van der Waals surface area contributed by atoms with Crippen LogP contribution in [0.4, 0.5) is 0 Å². The molecule has 0 saturated carbocycles. The predicted octanol–water partition coefficient (Wildman–Crippen LogP) is 6.20. The summed E-state index contributed by atoms with van der Waals surface area (Å²) in [4.78, 5) is 21.3. The van der Waals surface area contributed by atoms with E-state index in [2.05, 4.69) is 10.1 Å². The minimum atomic E-state index is -0.282. The molecule has 0 saturated heterocycles. The molecule has 3 aromatic carbocycles. The zero-order valence-electron chi connectivity index (χ0n) is 20.9. The van der Waals surface area contributed by atoms with Crippen molar-refractivity contribution in [3.63, 3.8) is 0 Å². The topological polar surface area (TPSA) is 99.9 Å². The monoisotopic (exact) mass is 497 g/mol. The van der Waals surface area contributed by atoms with Crippen molar-refractivity contribution < 1.29 is 18.8 Å². The summed E-state index contributed by atoms with van der Waals surface area (Å²) >= 11 is 0. The highest BCUT2D eigenvalue weighted by molar-refractivity contribution is 6.00. The molecule has 0 spiro atoms. The number of oxime groups is 1. The number of hydrogen-bond acceptors (Lipinski definition) is 6.